The van der Waals surface area contributed by atoms with Gasteiger partial charge in [-0.25, -0.2) is 0 Å². The number of nitrogens with zero attached hydrogens (tertiary/aromatic N) is 2. The molecular formula is C15H20N2O3S. The van der Waals surface area contributed by atoms with Gasteiger partial charge in [0.25, 0.3) is 5.91 Å². The van der Waals surface area contributed by atoms with E-state index in [-0.39, 0.29) is 10.7 Å². The van der Waals surface area contributed by atoms with E-state index < -0.39 is 0 Å². The summed E-state index contributed by atoms with van der Waals surface area (Å²) in [5, 5.41) is 3.78. The van der Waals surface area contributed by atoms with E-state index >= 15 is 0 Å². The minimum atomic E-state index is -0.0378. The van der Waals surface area contributed by atoms with Crippen LogP contribution in [-0.4, -0.2) is 52.3 Å². The highest BCUT2D eigenvalue weighted by atomic mass is 32.2. The maximum atomic E-state index is 12.2. The van der Waals surface area contributed by atoms with Crippen molar-refractivity contribution in [2.45, 2.75) is 37.0 Å². The van der Waals surface area contributed by atoms with Crippen molar-refractivity contribution in [2.24, 2.45) is 5.92 Å². The molecule has 1 spiro atoms. The number of ether oxygens (including phenoxy) is 1. The lowest BCUT2D eigenvalue weighted by atomic mass is 9.92. The fourth-order valence-electron chi connectivity index (χ4n) is 3.10. The van der Waals surface area contributed by atoms with Crippen LogP contribution in [0.2, 0.25) is 0 Å². The number of hydrogen-bond donors (Lipinski definition) is 0. The van der Waals surface area contributed by atoms with Crippen molar-refractivity contribution < 1.29 is 14.1 Å². The Morgan fingerprint density at radius 1 is 1.57 bits per heavy atom. The number of carbonyl (C=O) groups excluding carboxylic acids is 1. The van der Waals surface area contributed by atoms with Crippen LogP contribution in [0.4, 0.5) is 0 Å². The van der Waals surface area contributed by atoms with Gasteiger partial charge in [0.1, 0.15) is 0 Å². The third kappa shape index (κ3) is 2.71. The molecule has 6 heteroatoms. The second-order valence-corrected chi connectivity index (χ2v) is 8.08. The standard InChI is InChI=1S/C15H20N2O3S/c1-10-4-13(20-16-10)14(18)17-8-15(9-17)5-12(7-21-15)19-6-11-2-3-11/h4,11-12H,2-3,5-9H2,1H3/t12-/m0/s1. The monoisotopic (exact) mass is 308 g/mol. The summed E-state index contributed by atoms with van der Waals surface area (Å²) in [6.07, 6.45) is 4.12. The zero-order valence-electron chi connectivity index (χ0n) is 12.2. The third-order valence-corrected chi connectivity index (χ3v) is 6.10. The summed E-state index contributed by atoms with van der Waals surface area (Å²) in [4.78, 5) is 14.1. The van der Waals surface area contributed by atoms with Gasteiger partial charge in [0, 0.05) is 31.5 Å². The second kappa shape index (κ2) is 5.02. The first-order valence-corrected chi connectivity index (χ1v) is 8.60. The summed E-state index contributed by atoms with van der Waals surface area (Å²) in [5.41, 5.74) is 0.748. The van der Waals surface area contributed by atoms with Crippen molar-refractivity contribution in [3.8, 4) is 0 Å². The van der Waals surface area contributed by atoms with Gasteiger partial charge in [-0.2, -0.15) is 0 Å². The maximum absolute atomic E-state index is 12.2. The summed E-state index contributed by atoms with van der Waals surface area (Å²) in [5.74, 6) is 2.20. The van der Waals surface area contributed by atoms with Gasteiger partial charge in [0.2, 0.25) is 5.76 Å². The number of hydrogen-bond acceptors (Lipinski definition) is 5. The Balaban J connectivity index is 1.29. The molecule has 1 atom stereocenters. The molecule has 3 heterocycles. The highest BCUT2D eigenvalue weighted by Crippen LogP contribution is 2.46. The predicted molar refractivity (Wildman–Crippen MR) is 79.4 cm³/mol. The minimum Gasteiger partial charge on any atom is -0.377 e. The third-order valence-electron chi connectivity index (χ3n) is 4.52. The molecule has 3 fully saturated rings. The topological polar surface area (TPSA) is 55.6 Å². The van der Waals surface area contributed by atoms with Crippen LogP contribution in [0.5, 0.6) is 0 Å². The van der Waals surface area contributed by atoms with Gasteiger partial charge in [-0.15, -0.1) is 11.8 Å². The van der Waals surface area contributed by atoms with Crippen molar-refractivity contribution in [3.05, 3.63) is 17.5 Å². The molecule has 5 nitrogen and oxygen atoms in total. The van der Waals surface area contributed by atoms with E-state index in [4.69, 9.17) is 9.26 Å². The highest BCUT2D eigenvalue weighted by molar-refractivity contribution is 8.01. The number of carbonyl (C=O) groups is 1. The number of aryl methyl sites for hydroxylation is 1. The number of likely N-dealkylation sites (tertiary alicyclic amines) is 1. The average molecular weight is 308 g/mol. The second-order valence-electron chi connectivity index (χ2n) is 6.59. The number of aromatic nitrogens is 1. The van der Waals surface area contributed by atoms with Gasteiger partial charge in [0.05, 0.1) is 16.5 Å². The van der Waals surface area contributed by atoms with Crippen molar-refractivity contribution in [1.82, 2.24) is 10.1 Å². The van der Waals surface area contributed by atoms with E-state index in [0.29, 0.717) is 11.9 Å². The first kappa shape index (κ1) is 13.6. The molecule has 2 aliphatic heterocycles. The van der Waals surface area contributed by atoms with Crippen LogP contribution in [0.25, 0.3) is 0 Å². The lowest BCUT2D eigenvalue weighted by Crippen LogP contribution is -2.60. The van der Waals surface area contributed by atoms with Gasteiger partial charge in [-0.1, -0.05) is 5.16 Å². The Hall–Kier alpha value is -1.01. The van der Waals surface area contributed by atoms with Crippen LogP contribution in [0.3, 0.4) is 0 Å². The smallest absolute Gasteiger partial charge is 0.292 e. The molecule has 1 aliphatic carbocycles. The lowest BCUT2D eigenvalue weighted by molar-refractivity contribution is 0.0269. The highest BCUT2D eigenvalue weighted by Gasteiger charge is 2.51. The molecule has 2 saturated heterocycles. The SMILES string of the molecule is Cc1cc(C(=O)N2CC3(C[C@H](OCC4CC4)CS3)C2)on1. The Bertz CT molecular complexity index is 549. The number of rotatable bonds is 4. The van der Waals surface area contributed by atoms with E-state index in [9.17, 15) is 4.79 Å². The maximum Gasteiger partial charge on any atom is 0.292 e. The van der Waals surface area contributed by atoms with Gasteiger partial charge >= 0.3 is 0 Å². The zero-order chi connectivity index (χ0) is 14.4. The van der Waals surface area contributed by atoms with Crippen molar-refractivity contribution in [2.75, 3.05) is 25.4 Å². The van der Waals surface area contributed by atoms with E-state index in [0.717, 1.165) is 43.5 Å². The molecule has 21 heavy (non-hydrogen) atoms. The van der Waals surface area contributed by atoms with E-state index in [1.54, 1.807) is 6.07 Å². The zero-order valence-corrected chi connectivity index (χ0v) is 13.0. The van der Waals surface area contributed by atoms with Crippen LogP contribution in [0.1, 0.15) is 35.5 Å². The largest absolute Gasteiger partial charge is 0.377 e. The van der Waals surface area contributed by atoms with Crippen LogP contribution >= 0.6 is 11.8 Å². The van der Waals surface area contributed by atoms with Crippen LogP contribution in [0.15, 0.2) is 10.6 Å². The average Bonchev–Trinajstić information content (AvgIpc) is 3.00. The fraction of sp³-hybridized carbons (Fsp3) is 0.733. The first-order chi connectivity index (χ1) is 10.1. The minimum absolute atomic E-state index is 0.0378. The van der Waals surface area contributed by atoms with Gasteiger partial charge in [0.15, 0.2) is 0 Å². The number of thioether (sulfide) groups is 1. The van der Waals surface area contributed by atoms with E-state index in [2.05, 4.69) is 5.16 Å². The first-order valence-electron chi connectivity index (χ1n) is 7.62. The molecule has 4 rings (SSSR count). The predicted octanol–water partition coefficient (Wildman–Crippen LogP) is 2.11. The summed E-state index contributed by atoms with van der Waals surface area (Å²) in [6.45, 7) is 4.37. The van der Waals surface area contributed by atoms with Crippen molar-refractivity contribution in [1.29, 1.82) is 0 Å². The molecule has 114 valence electrons. The van der Waals surface area contributed by atoms with Crippen molar-refractivity contribution >= 4 is 17.7 Å². The summed E-state index contributed by atoms with van der Waals surface area (Å²) in [6, 6.07) is 1.71. The molecule has 1 aromatic rings. The molecule has 3 aliphatic rings. The summed E-state index contributed by atoms with van der Waals surface area (Å²) in [7, 11) is 0. The van der Waals surface area contributed by atoms with Crippen molar-refractivity contribution in [3.63, 3.8) is 0 Å². The van der Waals surface area contributed by atoms with Crippen LogP contribution in [-0.2, 0) is 4.74 Å². The Kier molecular flexibility index (Phi) is 3.26. The Morgan fingerprint density at radius 2 is 2.38 bits per heavy atom. The van der Waals surface area contributed by atoms with Gasteiger partial charge < -0.3 is 14.2 Å². The molecule has 0 bridgehead atoms. The lowest BCUT2D eigenvalue weighted by Gasteiger charge is -2.47. The van der Waals surface area contributed by atoms with E-state index in [1.165, 1.54) is 12.8 Å². The van der Waals surface area contributed by atoms with Gasteiger partial charge in [-0.3, -0.25) is 4.79 Å². The Labute approximate surface area is 128 Å². The van der Waals surface area contributed by atoms with Crippen LogP contribution in [0, 0.1) is 12.8 Å². The molecule has 1 aromatic heterocycles. The fourth-order valence-corrected chi connectivity index (χ4v) is 4.65. The molecule has 1 saturated carbocycles. The molecular weight excluding hydrogens is 288 g/mol. The molecule has 0 unspecified atom stereocenters. The molecule has 1 amide bonds. The molecule has 0 radical (unpaired) electrons. The molecule has 0 N–H and O–H groups in total. The Morgan fingerprint density at radius 3 is 3.05 bits per heavy atom. The normalized spacial score (nSPS) is 27.1. The molecule has 0 aromatic carbocycles. The van der Waals surface area contributed by atoms with Crippen LogP contribution < -0.4 is 0 Å². The van der Waals surface area contributed by atoms with Gasteiger partial charge in [-0.05, 0) is 32.1 Å². The summed E-state index contributed by atoms with van der Waals surface area (Å²) < 4.78 is 11.3. The number of amides is 1. The quantitative estimate of drug-likeness (QED) is 0.852. The van der Waals surface area contributed by atoms with E-state index in [1.807, 2.05) is 23.6 Å². The summed E-state index contributed by atoms with van der Waals surface area (Å²) >= 11 is 1.97.